The van der Waals surface area contributed by atoms with Gasteiger partial charge in [0.25, 0.3) is 0 Å². The summed E-state index contributed by atoms with van der Waals surface area (Å²) in [5.41, 5.74) is 29.6. The van der Waals surface area contributed by atoms with E-state index in [9.17, 15) is 57.8 Å². The van der Waals surface area contributed by atoms with Crippen molar-refractivity contribution < 1.29 is 91.4 Å². The van der Waals surface area contributed by atoms with Crippen LogP contribution in [0.25, 0.3) is 21.7 Å². The van der Waals surface area contributed by atoms with Gasteiger partial charge in [0.15, 0.2) is 0 Å². The number of aliphatic hydroxyl groups is 1. The van der Waals surface area contributed by atoms with Crippen molar-refractivity contribution in [1.82, 2.24) is 79.4 Å². The molecular weight excluding hydrogens is 1720 g/mol. The molecule has 0 radical (unpaired) electrons. The van der Waals surface area contributed by atoms with E-state index in [0.717, 1.165) is 51.8 Å². The van der Waals surface area contributed by atoms with E-state index in [1.165, 1.54) is 48.5 Å². The monoisotopic (exact) mass is 1850 g/mol. The number of carbonyl (C=O) groups is 17. The van der Waals surface area contributed by atoms with Crippen molar-refractivity contribution in [2.24, 2.45) is 34.6 Å². The molecule has 4 aromatic carbocycles. The standard InChI is InChI=1S/C89H130N20O19S2/c1-48(2)40-63(75(94)116)100-80(121)67(45-69(92)114)102-76(117)62(27-16-20-38-96-52(6)112)106-86(127)89(12,34-17-18-35-90)109-82(123)65(43-55-28-31-56-23-13-14-24-57(56)41-55)101-78(119)64(42-54-29-32-59(33-30-54)128-39-36-91)104-85(126)74-88(10,11)130-129-87(8,9)73(98-53(7)113)84(125)105-68(46-70(93)115)81(122)107-72(50(4)110)83(124)103-66(44-58-47-97-71-49(3)22-21-25-60(58)71)79(120)99-61(77(118)108-74)26-15-19-37-95-51(5)111/h13-14,21-25,28-33,41,47-48,50,61-68,72-74,97,110H,15-20,26-27,34-40,42-46,90-91H2,1-12H3,(H2,92,114)(H2,93,115)(H2,94,116)(H,95,111)(H,96,112)(H,98,113)(H,99,120)(H,100,121)(H,101,119)(H,102,117)(H,103,124)(H,104,126)(H,105,125)(H,106,127)(H,107,122)(H,108,118)(H,109,123)/t50-,61+,62+,63-,64+,65+,66+,67+,68+,72+,73-,74-,89?/m1/s1. The zero-order valence-electron chi connectivity index (χ0n) is 75.8. The molecule has 0 spiro atoms. The zero-order valence-corrected chi connectivity index (χ0v) is 77.4. The number of hydrogen-bond acceptors (Lipinski definition) is 23. The number of benzene rings is 4. The second-order valence-electron chi connectivity index (χ2n) is 34.4. The lowest BCUT2D eigenvalue weighted by molar-refractivity contribution is -0.138. The Labute approximate surface area is 764 Å². The molecule has 17 amide bonds. The van der Waals surface area contributed by atoms with Gasteiger partial charge in [-0.15, -0.1) is 0 Å². The van der Waals surface area contributed by atoms with E-state index in [-0.39, 0.29) is 128 Å². The molecule has 1 aliphatic rings. The van der Waals surface area contributed by atoms with Crippen LogP contribution in [-0.2, 0) is 101 Å². The summed E-state index contributed by atoms with van der Waals surface area (Å²) in [7, 11) is 1.82. The van der Waals surface area contributed by atoms with Gasteiger partial charge in [0.2, 0.25) is 100 Å². The molecule has 130 heavy (non-hydrogen) atoms. The van der Waals surface area contributed by atoms with Gasteiger partial charge in [-0.2, -0.15) is 0 Å². The minimum atomic E-state index is -2.02. The largest absolute Gasteiger partial charge is 0.492 e. The summed E-state index contributed by atoms with van der Waals surface area (Å²) in [5.74, 6) is -15.8. The number of rotatable bonds is 44. The molecule has 5 aromatic rings. The van der Waals surface area contributed by atoms with Crippen molar-refractivity contribution in [1.29, 1.82) is 0 Å². The lowest BCUT2D eigenvalue weighted by Crippen LogP contribution is -2.65. The van der Waals surface area contributed by atoms with Crippen molar-refractivity contribution in [2.45, 2.75) is 267 Å². The summed E-state index contributed by atoms with van der Waals surface area (Å²) in [6.45, 7) is 18.4. The molecule has 26 N–H and O–H groups in total. The Balaban J connectivity index is 1.54. The third kappa shape index (κ3) is 33.8. The molecule has 2 heterocycles. The van der Waals surface area contributed by atoms with Crippen LogP contribution in [0.4, 0.5) is 0 Å². The Morgan fingerprint density at radius 3 is 1.75 bits per heavy atom. The number of aliphatic hydroxyl groups excluding tert-OH is 1. The van der Waals surface area contributed by atoms with Crippen LogP contribution in [0.5, 0.6) is 5.75 Å². The molecular formula is C89H130N20O19S2. The molecule has 39 nitrogen and oxygen atoms in total. The first kappa shape index (κ1) is 107. The quantitative estimate of drug-likeness (QED) is 0.0174. The van der Waals surface area contributed by atoms with Gasteiger partial charge < -0.3 is 118 Å². The first-order chi connectivity index (χ1) is 61.2. The maximum absolute atomic E-state index is 16.4. The number of aryl methyl sites for hydroxylation is 1. The van der Waals surface area contributed by atoms with Crippen molar-refractivity contribution in [2.75, 3.05) is 32.8 Å². The van der Waals surface area contributed by atoms with Crippen LogP contribution in [0.3, 0.4) is 0 Å². The number of primary amides is 3. The second kappa shape index (κ2) is 50.9. The van der Waals surface area contributed by atoms with Crippen LogP contribution in [-0.4, -0.2) is 231 Å². The lowest BCUT2D eigenvalue weighted by atomic mass is 9.91. The van der Waals surface area contributed by atoms with E-state index in [0.29, 0.717) is 39.8 Å². The summed E-state index contributed by atoms with van der Waals surface area (Å²) >= 11 is 0. The lowest BCUT2D eigenvalue weighted by Gasteiger charge is -2.39. The number of ether oxygens (including phenoxy) is 1. The number of nitrogens with two attached hydrogens (primary N) is 5. The number of hydrogen-bond donors (Lipinski definition) is 21. The molecule has 0 bridgehead atoms. The summed E-state index contributed by atoms with van der Waals surface area (Å²) in [4.78, 5) is 247. The van der Waals surface area contributed by atoms with Crippen LogP contribution in [0.15, 0.2) is 91.1 Å². The fourth-order valence-electron chi connectivity index (χ4n) is 14.6. The Hall–Kier alpha value is -11.9. The summed E-state index contributed by atoms with van der Waals surface area (Å²) in [5, 5.41) is 51.0. The molecule has 1 fully saturated rings. The van der Waals surface area contributed by atoms with Crippen molar-refractivity contribution >= 4 is 144 Å². The maximum atomic E-state index is 16.4. The molecule has 6 rings (SSSR count). The van der Waals surface area contributed by atoms with E-state index in [1.807, 2.05) is 31.2 Å². The molecule has 13 atom stereocenters. The van der Waals surface area contributed by atoms with E-state index in [2.05, 4.69) is 79.4 Å². The normalized spacial score (nSPS) is 19.3. The summed E-state index contributed by atoms with van der Waals surface area (Å²) in [6, 6.07) is 5.79. The topological polar surface area (TPSA) is 634 Å². The maximum Gasteiger partial charge on any atom is 0.246 e. The van der Waals surface area contributed by atoms with Gasteiger partial charge in [0.1, 0.15) is 84.4 Å². The zero-order chi connectivity index (χ0) is 96.5. The van der Waals surface area contributed by atoms with E-state index in [4.69, 9.17) is 33.4 Å². The van der Waals surface area contributed by atoms with Crippen molar-refractivity contribution in [3.63, 3.8) is 0 Å². The number of unbranched alkanes of at least 4 members (excludes halogenated alkanes) is 3. The molecule has 0 saturated carbocycles. The minimum absolute atomic E-state index is 0.0854. The fourth-order valence-corrected chi connectivity index (χ4v) is 17.4. The number of carbonyl (C=O) groups excluding carboxylic acids is 17. The third-order valence-corrected chi connectivity index (χ3v) is 26.0. The highest BCUT2D eigenvalue weighted by Crippen LogP contribution is 2.47. The first-order valence-corrected chi connectivity index (χ1v) is 45.6. The first-order valence-electron chi connectivity index (χ1n) is 43.4. The number of aromatic amines is 1. The molecule has 1 aliphatic heterocycles. The highest BCUT2D eigenvalue weighted by molar-refractivity contribution is 8.77. The van der Waals surface area contributed by atoms with Crippen molar-refractivity contribution in [3.8, 4) is 5.75 Å². The van der Waals surface area contributed by atoms with Gasteiger partial charge in [-0.3, -0.25) is 81.5 Å². The number of amides is 17. The summed E-state index contributed by atoms with van der Waals surface area (Å²) in [6.07, 6.45) is -2.04. The molecule has 0 aliphatic carbocycles. The van der Waals surface area contributed by atoms with Gasteiger partial charge in [-0.05, 0) is 170 Å². The molecule has 1 aromatic heterocycles. The average molecular weight is 1850 g/mol. The molecule has 712 valence electrons. The van der Waals surface area contributed by atoms with E-state index >= 15 is 28.8 Å². The van der Waals surface area contributed by atoms with Gasteiger partial charge >= 0.3 is 0 Å². The van der Waals surface area contributed by atoms with Crippen LogP contribution in [0, 0.1) is 12.8 Å². The fraction of sp³-hybridized carbons (Fsp3) is 0.539. The molecule has 1 saturated heterocycles. The van der Waals surface area contributed by atoms with E-state index < -0.39 is 189 Å². The number of para-hydroxylation sites is 1. The van der Waals surface area contributed by atoms with Crippen LogP contribution >= 0.6 is 21.6 Å². The third-order valence-electron chi connectivity index (χ3n) is 21.7. The van der Waals surface area contributed by atoms with Gasteiger partial charge in [-0.25, -0.2) is 0 Å². The van der Waals surface area contributed by atoms with E-state index in [1.54, 1.807) is 80.7 Å². The van der Waals surface area contributed by atoms with Crippen LogP contribution in [0.2, 0.25) is 0 Å². The smallest absolute Gasteiger partial charge is 0.246 e. The van der Waals surface area contributed by atoms with Crippen LogP contribution < -0.4 is 108 Å². The Bertz CT molecular complexity index is 4840. The molecule has 41 heteroatoms. The second-order valence-corrected chi connectivity index (χ2v) is 37.9. The predicted molar refractivity (Wildman–Crippen MR) is 492 cm³/mol. The Kier molecular flexibility index (Phi) is 41.8. The predicted octanol–water partition coefficient (Wildman–Crippen LogP) is -0.420. The van der Waals surface area contributed by atoms with Gasteiger partial charge in [0, 0.05) is 86.3 Å². The Morgan fingerprint density at radius 1 is 0.562 bits per heavy atom. The number of fused-ring (bicyclic) bond motifs is 2. The van der Waals surface area contributed by atoms with Crippen molar-refractivity contribution in [3.05, 3.63) is 113 Å². The highest BCUT2D eigenvalue weighted by atomic mass is 33.1. The average Bonchev–Trinajstić information content (AvgIpc) is 1.42. The number of aromatic nitrogens is 1. The highest BCUT2D eigenvalue weighted by Gasteiger charge is 2.47. The van der Waals surface area contributed by atoms with Crippen LogP contribution in [0.1, 0.15) is 175 Å². The summed E-state index contributed by atoms with van der Waals surface area (Å²) < 4.78 is 2.58. The SMILES string of the molecule is CC(=O)NCCCC[C@@H]1NC(=O)[C@H](Cc2c[nH]c3c(C)cccc23)NC(=O)[C@H]([C@@H](C)O)NC(=O)[C@H](CC(N)=O)NC(=O)[C@@H](NC(C)=O)C(C)(C)SSC(C)(C)[C@@H](C(=O)N[C@@H](Cc2ccc(OCCN)cc2)C(=O)N[C@@H](Cc2ccc3ccccc3c2)C(=O)NC(C)(CCCCN)C(=O)N[C@@H](CCCCNC(C)=O)C(=O)N[C@@H](CC(N)=O)C(=O)N[C@H](CC(C)C)C(N)=O)NC1=O. The number of nitrogens with one attached hydrogen (secondary N) is 15. The molecule has 1 unspecified atom stereocenters. The van der Waals surface area contributed by atoms with Gasteiger partial charge in [-0.1, -0.05) is 108 Å². The number of H-pyrrole nitrogens is 1. The Morgan fingerprint density at radius 2 is 1.14 bits per heavy atom. The minimum Gasteiger partial charge on any atom is -0.492 e. The van der Waals surface area contributed by atoms with Gasteiger partial charge in [0.05, 0.1) is 18.9 Å².